The van der Waals surface area contributed by atoms with E-state index in [1.54, 1.807) is 31.4 Å². The summed E-state index contributed by atoms with van der Waals surface area (Å²) in [6.07, 6.45) is 1.45. The number of carbonyl (C=O) groups excluding carboxylic acids is 1. The maximum absolute atomic E-state index is 12.5. The summed E-state index contributed by atoms with van der Waals surface area (Å²) in [7, 11) is 3.06. The summed E-state index contributed by atoms with van der Waals surface area (Å²) in [5.41, 5.74) is 4.75. The van der Waals surface area contributed by atoms with Crippen LogP contribution in [0.15, 0.2) is 75.4 Å². The van der Waals surface area contributed by atoms with Crippen molar-refractivity contribution < 1.29 is 19.4 Å². The molecule has 0 aliphatic rings. The number of halogens is 2. The third-order valence-electron chi connectivity index (χ3n) is 5.07. The van der Waals surface area contributed by atoms with Crippen molar-refractivity contribution in [2.45, 2.75) is 5.16 Å². The van der Waals surface area contributed by atoms with Crippen molar-refractivity contribution in [1.82, 2.24) is 20.2 Å². The second kappa shape index (κ2) is 12.1. The molecule has 4 rings (SSSR count). The monoisotopic (exact) mass is 601 g/mol. The number of hydrogen-bond donors (Lipinski definition) is 2. The molecule has 0 aliphatic carbocycles. The summed E-state index contributed by atoms with van der Waals surface area (Å²) in [5.74, 6) is 1.33. The highest BCUT2D eigenvalue weighted by Crippen LogP contribution is 2.34. The highest BCUT2D eigenvalue weighted by atomic mass is 79.9. The van der Waals surface area contributed by atoms with Gasteiger partial charge < -0.3 is 14.6 Å². The molecule has 0 spiro atoms. The minimum absolute atomic E-state index is 0.0149. The van der Waals surface area contributed by atoms with E-state index in [2.05, 4.69) is 36.7 Å². The van der Waals surface area contributed by atoms with Crippen molar-refractivity contribution in [2.75, 3.05) is 20.0 Å². The number of carbonyl (C=O) groups is 1. The summed E-state index contributed by atoms with van der Waals surface area (Å²) >= 11 is 10.6. The van der Waals surface area contributed by atoms with Crippen LogP contribution in [0.4, 0.5) is 0 Å². The lowest BCUT2D eigenvalue weighted by Crippen LogP contribution is -2.20. The van der Waals surface area contributed by atoms with Gasteiger partial charge in [-0.1, -0.05) is 23.4 Å². The van der Waals surface area contributed by atoms with Gasteiger partial charge in [-0.2, -0.15) is 5.10 Å². The van der Waals surface area contributed by atoms with E-state index < -0.39 is 0 Å². The number of aromatic hydroxyl groups is 1. The van der Waals surface area contributed by atoms with Crippen molar-refractivity contribution >= 4 is 51.4 Å². The average molecular weight is 603 g/mol. The van der Waals surface area contributed by atoms with Gasteiger partial charge in [0.2, 0.25) is 0 Å². The van der Waals surface area contributed by atoms with Crippen LogP contribution in [0.2, 0.25) is 5.02 Å². The fourth-order valence-electron chi connectivity index (χ4n) is 3.28. The zero-order valence-electron chi connectivity index (χ0n) is 19.7. The van der Waals surface area contributed by atoms with E-state index in [0.717, 1.165) is 17.0 Å². The maximum atomic E-state index is 12.5. The molecule has 1 heterocycles. The predicted molar refractivity (Wildman–Crippen MR) is 147 cm³/mol. The third-order valence-corrected chi connectivity index (χ3v) is 6.86. The molecular weight excluding hydrogens is 582 g/mol. The Morgan fingerprint density at radius 3 is 2.54 bits per heavy atom. The molecule has 1 amide bonds. The number of ether oxygens (including phenoxy) is 2. The molecule has 0 radical (unpaired) electrons. The second-order valence-electron chi connectivity index (χ2n) is 7.48. The summed E-state index contributed by atoms with van der Waals surface area (Å²) in [6.45, 7) is 0. The first kappa shape index (κ1) is 26.5. The smallest absolute Gasteiger partial charge is 0.250 e. The molecule has 9 nitrogen and oxygen atoms in total. The fraction of sp³-hybridized carbons (Fsp3) is 0.120. The molecule has 0 saturated carbocycles. The molecule has 0 atom stereocenters. The number of amides is 1. The number of nitrogens with one attached hydrogen (secondary N) is 1. The van der Waals surface area contributed by atoms with E-state index in [4.69, 9.17) is 21.1 Å². The molecule has 12 heteroatoms. The Balaban J connectivity index is 1.50. The number of hydrazone groups is 1. The van der Waals surface area contributed by atoms with E-state index in [0.29, 0.717) is 26.0 Å². The van der Waals surface area contributed by atoms with Gasteiger partial charge in [0.05, 0.1) is 30.7 Å². The number of phenols is 1. The van der Waals surface area contributed by atoms with Crippen molar-refractivity contribution in [3.8, 4) is 34.3 Å². The molecule has 1 aromatic heterocycles. The van der Waals surface area contributed by atoms with E-state index in [1.165, 1.54) is 25.1 Å². The Bertz CT molecular complexity index is 1430. The molecule has 3 aromatic carbocycles. The van der Waals surface area contributed by atoms with Crippen molar-refractivity contribution in [3.63, 3.8) is 0 Å². The first-order valence-corrected chi connectivity index (χ1v) is 12.9. The first-order valence-electron chi connectivity index (χ1n) is 10.8. The van der Waals surface area contributed by atoms with E-state index >= 15 is 0 Å². The Morgan fingerprint density at radius 1 is 1.14 bits per heavy atom. The van der Waals surface area contributed by atoms with Crippen LogP contribution < -0.4 is 14.9 Å². The Morgan fingerprint density at radius 2 is 1.86 bits per heavy atom. The van der Waals surface area contributed by atoms with Crippen molar-refractivity contribution in [3.05, 3.63) is 75.7 Å². The molecule has 0 aliphatic heterocycles. The quantitative estimate of drug-likeness (QED) is 0.152. The molecule has 4 aromatic rings. The van der Waals surface area contributed by atoms with Crippen molar-refractivity contribution in [1.29, 1.82) is 0 Å². The lowest BCUT2D eigenvalue weighted by atomic mass is 10.2. The average Bonchev–Trinajstić information content (AvgIpc) is 3.33. The van der Waals surface area contributed by atoms with Gasteiger partial charge >= 0.3 is 0 Å². The molecule has 2 N–H and O–H groups in total. The number of methoxy groups -OCH3 is 2. The lowest BCUT2D eigenvalue weighted by molar-refractivity contribution is -0.118. The normalized spacial score (nSPS) is 11.0. The van der Waals surface area contributed by atoms with Crippen LogP contribution >= 0.6 is 39.3 Å². The summed E-state index contributed by atoms with van der Waals surface area (Å²) in [5, 5.41) is 23.7. The summed E-state index contributed by atoms with van der Waals surface area (Å²) in [6, 6.07) is 18.0. The minimum atomic E-state index is -0.331. The zero-order chi connectivity index (χ0) is 26.4. The highest BCUT2D eigenvalue weighted by Gasteiger charge is 2.17. The van der Waals surface area contributed by atoms with Crippen LogP contribution in [0.3, 0.4) is 0 Å². The molecule has 190 valence electrons. The molecule has 0 bridgehead atoms. The lowest BCUT2D eigenvalue weighted by Gasteiger charge is -2.11. The van der Waals surface area contributed by atoms with Crippen LogP contribution in [0, 0.1) is 0 Å². The predicted octanol–water partition coefficient (Wildman–Crippen LogP) is 5.32. The van der Waals surface area contributed by atoms with Gasteiger partial charge in [-0.3, -0.25) is 9.36 Å². The number of hydrogen-bond acceptors (Lipinski definition) is 8. The fourth-order valence-corrected chi connectivity index (χ4v) is 4.61. The molecule has 37 heavy (non-hydrogen) atoms. The van der Waals surface area contributed by atoms with Gasteiger partial charge in [-0.25, -0.2) is 5.43 Å². The third kappa shape index (κ3) is 6.43. The SMILES string of the molecule is COc1ccc(-c2nnc(SCC(=O)N/N=C/c3cc(Br)c(O)c(OC)c3)n2-c2ccc(Cl)cc2)cc1. The number of benzene rings is 3. The molecular formula is C25H21BrClN5O4S. The Kier molecular flexibility index (Phi) is 8.70. The van der Waals surface area contributed by atoms with Crippen LogP contribution in [0.1, 0.15) is 5.56 Å². The first-order chi connectivity index (χ1) is 17.9. The Hall–Kier alpha value is -3.54. The number of aromatic nitrogens is 3. The van der Waals surface area contributed by atoms with Gasteiger partial charge in [0, 0.05) is 16.3 Å². The second-order valence-corrected chi connectivity index (χ2v) is 9.72. The van der Waals surface area contributed by atoms with Crippen LogP contribution in [0.25, 0.3) is 17.1 Å². The van der Waals surface area contributed by atoms with E-state index in [9.17, 15) is 9.90 Å². The standard InChI is InChI=1S/C25H21BrClN5O4S/c1-35-19-9-3-16(4-10-19)24-30-31-25(32(24)18-7-5-17(27)6-8-18)37-14-22(33)29-28-13-15-11-20(26)23(34)21(12-15)36-2/h3-13,34H,14H2,1-2H3,(H,29,33)/b28-13+. The Labute approximate surface area is 230 Å². The molecule has 0 fully saturated rings. The van der Waals surface area contributed by atoms with Crippen LogP contribution in [-0.4, -0.2) is 52.0 Å². The van der Waals surface area contributed by atoms with Crippen LogP contribution in [-0.2, 0) is 4.79 Å². The van der Waals surface area contributed by atoms with Crippen LogP contribution in [0.5, 0.6) is 17.2 Å². The topological polar surface area (TPSA) is 111 Å². The van der Waals surface area contributed by atoms with Gasteiger partial charge in [-0.15, -0.1) is 10.2 Å². The number of rotatable bonds is 9. The van der Waals surface area contributed by atoms with Gasteiger partial charge in [0.1, 0.15) is 5.75 Å². The van der Waals surface area contributed by atoms with E-state index in [-0.39, 0.29) is 23.2 Å². The number of nitrogens with zero attached hydrogens (tertiary/aromatic N) is 4. The van der Waals surface area contributed by atoms with E-state index in [1.807, 2.05) is 41.0 Å². The number of phenolic OH excluding ortho intramolecular Hbond substituents is 1. The summed E-state index contributed by atoms with van der Waals surface area (Å²) in [4.78, 5) is 12.5. The zero-order valence-corrected chi connectivity index (χ0v) is 22.8. The highest BCUT2D eigenvalue weighted by molar-refractivity contribution is 9.10. The maximum Gasteiger partial charge on any atom is 0.250 e. The van der Waals surface area contributed by atoms with Gasteiger partial charge in [-0.05, 0) is 82.2 Å². The van der Waals surface area contributed by atoms with Gasteiger partial charge in [0.25, 0.3) is 5.91 Å². The molecule has 0 unspecified atom stereocenters. The number of thioether (sulfide) groups is 1. The molecule has 0 saturated heterocycles. The minimum Gasteiger partial charge on any atom is -0.503 e. The van der Waals surface area contributed by atoms with Crippen molar-refractivity contribution in [2.24, 2.45) is 5.10 Å². The largest absolute Gasteiger partial charge is 0.503 e. The summed E-state index contributed by atoms with van der Waals surface area (Å²) < 4.78 is 12.7. The van der Waals surface area contributed by atoms with Gasteiger partial charge in [0.15, 0.2) is 22.5 Å².